The van der Waals surface area contributed by atoms with E-state index >= 15 is 0 Å². The molecule has 2 atom stereocenters. The van der Waals surface area contributed by atoms with E-state index in [9.17, 15) is 0 Å². The smallest absolute Gasteiger partial charge is 0.0470 e. The molecule has 0 aliphatic carbocycles. The Hall–Kier alpha value is -0.380. The molecular weight excluding hydrogens is 312 g/mol. The van der Waals surface area contributed by atoms with Crippen molar-refractivity contribution in [3.63, 3.8) is 0 Å². The van der Waals surface area contributed by atoms with E-state index in [0.29, 0.717) is 12.6 Å². The van der Waals surface area contributed by atoms with E-state index in [-0.39, 0.29) is 0 Å². The summed E-state index contributed by atoms with van der Waals surface area (Å²) in [5, 5.41) is 0. The Labute approximate surface area is 131 Å². The molecule has 20 heavy (non-hydrogen) atoms. The van der Waals surface area contributed by atoms with Crippen molar-refractivity contribution < 1.29 is 0 Å². The van der Waals surface area contributed by atoms with E-state index in [2.05, 4.69) is 58.9 Å². The summed E-state index contributed by atoms with van der Waals surface area (Å²) in [7, 11) is 0. The van der Waals surface area contributed by atoms with Crippen LogP contribution in [0.3, 0.4) is 0 Å². The second-order valence-corrected chi connectivity index (χ2v) is 7.19. The Kier molecular flexibility index (Phi) is 6.06. The third-order valence-corrected chi connectivity index (χ3v) is 5.14. The fourth-order valence-corrected chi connectivity index (χ4v) is 3.75. The molecule has 0 radical (unpaired) electrons. The highest BCUT2D eigenvalue weighted by atomic mass is 79.9. The maximum Gasteiger partial charge on any atom is 0.0470 e. The first kappa shape index (κ1) is 16.0. The van der Waals surface area contributed by atoms with Crippen molar-refractivity contribution in [2.45, 2.75) is 39.2 Å². The number of halogens is 1. The topological polar surface area (TPSA) is 29.3 Å². The van der Waals surface area contributed by atoms with E-state index in [0.717, 1.165) is 16.3 Å². The summed E-state index contributed by atoms with van der Waals surface area (Å²) in [4.78, 5) is 2.59. The van der Waals surface area contributed by atoms with Gasteiger partial charge in [0, 0.05) is 17.1 Å². The average Bonchev–Trinajstić information content (AvgIpc) is 2.66. The van der Waals surface area contributed by atoms with Gasteiger partial charge in [-0.2, -0.15) is 0 Å². The minimum absolute atomic E-state index is 0.360. The SMILES string of the molecule is CC(C)C1CCCN(C(CN)c2cccc(Br)c2)CC1. The fourth-order valence-electron chi connectivity index (χ4n) is 3.33. The first-order chi connectivity index (χ1) is 9.61. The summed E-state index contributed by atoms with van der Waals surface area (Å²) in [5.41, 5.74) is 7.41. The first-order valence-corrected chi connectivity index (χ1v) is 8.60. The van der Waals surface area contributed by atoms with Gasteiger partial charge in [-0.3, -0.25) is 4.90 Å². The maximum absolute atomic E-state index is 6.07. The van der Waals surface area contributed by atoms with Crippen LogP contribution in [0.4, 0.5) is 0 Å². The first-order valence-electron chi connectivity index (χ1n) is 7.81. The molecule has 1 fully saturated rings. The van der Waals surface area contributed by atoms with Crippen molar-refractivity contribution in [1.29, 1.82) is 0 Å². The van der Waals surface area contributed by atoms with E-state index in [1.54, 1.807) is 0 Å². The van der Waals surface area contributed by atoms with Gasteiger partial charge in [0.2, 0.25) is 0 Å². The van der Waals surface area contributed by atoms with Gasteiger partial charge in [-0.15, -0.1) is 0 Å². The normalized spacial score (nSPS) is 22.8. The van der Waals surface area contributed by atoms with Gasteiger partial charge in [0.05, 0.1) is 0 Å². The van der Waals surface area contributed by atoms with Gasteiger partial charge in [-0.25, -0.2) is 0 Å². The molecule has 0 aromatic heterocycles. The summed E-state index contributed by atoms with van der Waals surface area (Å²) >= 11 is 3.57. The third kappa shape index (κ3) is 4.06. The van der Waals surface area contributed by atoms with Crippen LogP contribution >= 0.6 is 15.9 Å². The molecule has 0 bridgehead atoms. The number of nitrogens with two attached hydrogens (primary N) is 1. The molecule has 1 saturated heterocycles. The van der Waals surface area contributed by atoms with Crippen LogP contribution in [0.2, 0.25) is 0 Å². The molecule has 0 amide bonds. The molecule has 2 unspecified atom stereocenters. The highest BCUT2D eigenvalue weighted by Crippen LogP contribution is 2.29. The Morgan fingerprint density at radius 2 is 2.10 bits per heavy atom. The molecule has 2 rings (SSSR count). The van der Waals surface area contributed by atoms with E-state index in [1.807, 2.05) is 0 Å². The Bertz CT molecular complexity index is 419. The monoisotopic (exact) mass is 338 g/mol. The molecule has 1 aliphatic heterocycles. The van der Waals surface area contributed by atoms with Gasteiger partial charge < -0.3 is 5.73 Å². The number of nitrogens with zero attached hydrogens (tertiary/aromatic N) is 1. The minimum atomic E-state index is 0.360. The van der Waals surface area contributed by atoms with E-state index in [1.165, 1.54) is 37.9 Å². The van der Waals surface area contributed by atoms with Crippen molar-refractivity contribution in [1.82, 2.24) is 4.90 Å². The molecular formula is C17H27BrN2. The second-order valence-electron chi connectivity index (χ2n) is 6.28. The summed E-state index contributed by atoms with van der Waals surface area (Å²) in [6.07, 6.45) is 3.97. The lowest BCUT2D eigenvalue weighted by atomic mass is 9.89. The summed E-state index contributed by atoms with van der Waals surface area (Å²) in [5.74, 6) is 1.68. The lowest BCUT2D eigenvalue weighted by Crippen LogP contribution is -2.34. The van der Waals surface area contributed by atoms with Crippen LogP contribution < -0.4 is 5.73 Å². The average molecular weight is 339 g/mol. The lowest BCUT2D eigenvalue weighted by Gasteiger charge is -2.30. The number of likely N-dealkylation sites (tertiary alicyclic amines) is 1. The van der Waals surface area contributed by atoms with Gasteiger partial charge in [-0.1, -0.05) is 41.9 Å². The molecule has 2 N–H and O–H groups in total. The van der Waals surface area contributed by atoms with Crippen LogP contribution in [-0.2, 0) is 0 Å². The predicted octanol–water partition coefficient (Wildman–Crippen LogP) is 4.21. The number of rotatable bonds is 4. The van der Waals surface area contributed by atoms with Crippen molar-refractivity contribution in [2.75, 3.05) is 19.6 Å². The van der Waals surface area contributed by atoms with Crippen molar-refractivity contribution in [2.24, 2.45) is 17.6 Å². The minimum Gasteiger partial charge on any atom is -0.329 e. The summed E-state index contributed by atoms with van der Waals surface area (Å²) in [6.45, 7) is 7.77. The van der Waals surface area contributed by atoms with Crippen molar-refractivity contribution in [3.05, 3.63) is 34.3 Å². The Morgan fingerprint density at radius 3 is 2.75 bits per heavy atom. The number of benzene rings is 1. The fraction of sp³-hybridized carbons (Fsp3) is 0.647. The zero-order valence-corrected chi connectivity index (χ0v) is 14.3. The largest absolute Gasteiger partial charge is 0.329 e. The zero-order valence-electron chi connectivity index (χ0n) is 12.7. The van der Waals surface area contributed by atoms with Crippen LogP contribution in [0, 0.1) is 11.8 Å². The molecule has 3 heteroatoms. The Morgan fingerprint density at radius 1 is 1.30 bits per heavy atom. The molecule has 112 valence electrons. The molecule has 1 aromatic rings. The van der Waals surface area contributed by atoms with Gasteiger partial charge in [-0.05, 0) is 61.9 Å². The summed E-state index contributed by atoms with van der Waals surface area (Å²) < 4.78 is 1.14. The molecule has 0 spiro atoms. The molecule has 1 aromatic carbocycles. The van der Waals surface area contributed by atoms with Crippen LogP contribution in [0.1, 0.15) is 44.7 Å². The van der Waals surface area contributed by atoms with Gasteiger partial charge in [0.25, 0.3) is 0 Å². The van der Waals surface area contributed by atoms with Crippen LogP contribution in [0.25, 0.3) is 0 Å². The number of hydrogen-bond donors (Lipinski definition) is 1. The Balaban J connectivity index is 2.08. The van der Waals surface area contributed by atoms with Gasteiger partial charge in [0.15, 0.2) is 0 Å². The van der Waals surface area contributed by atoms with Gasteiger partial charge in [0.1, 0.15) is 0 Å². The standard InChI is InChI=1S/C17H27BrN2/c1-13(2)14-6-4-9-20(10-8-14)17(12-19)15-5-3-7-16(18)11-15/h3,5,7,11,13-14,17H,4,6,8-10,12,19H2,1-2H3. The third-order valence-electron chi connectivity index (χ3n) is 4.65. The lowest BCUT2D eigenvalue weighted by molar-refractivity contribution is 0.204. The second kappa shape index (κ2) is 7.58. The molecule has 1 aliphatic rings. The molecule has 0 saturated carbocycles. The molecule has 2 nitrogen and oxygen atoms in total. The summed E-state index contributed by atoms with van der Waals surface area (Å²) in [6, 6.07) is 8.96. The number of hydrogen-bond acceptors (Lipinski definition) is 2. The predicted molar refractivity (Wildman–Crippen MR) is 89.7 cm³/mol. The van der Waals surface area contributed by atoms with E-state index < -0.39 is 0 Å². The van der Waals surface area contributed by atoms with Crippen molar-refractivity contribution >= 4 is 15.9 Å². The highest BCUT2D eigenvalue weighted by molar-refractivity contribution is 9.10. The quantitative estimate of drug-likeness (QED) is 0.890. The van der Waals surface area contributed by atoms with E-state index in [4.69, 9.17) is 5.73 Å². The zero-order chi connectivity index (χ0) is 14.5. The van der Waals surface area contributed by atoms with Gasteiger partial charge >= 0.3 is 0 Å². The maximum atomic E-state index is 6.07. The highest BCUT2D eigenvalue weighted by Gasteiger charge is 2.24. The molecule has 1 heterocycles. The van der Waals surface area contributed by atoms with Crippen LogP contribution in [0.5, 0.6) is 0 Å². The van der Waals surface area contributed by atoms with Crippen LogP contribution in [0.15, 0.2) is 28.7 Å². The van der Waals surface area contributed by atoms with Crippen LogP contribution in [-0.4, -0.2) is 24.5 Å². The van der Waals surface area contributed by atoms with Crippen molar-refractivity contribution in [3.8, 4) is 0 Å².